The third-order valence-corrected chi connectivity index (χ3v) is 3.30. The largest absolute Gasteiger partial charge is 0.438 e. The van der Waals surface area contributed by atoms with Gasteiger partial charge in [-0.15, -0.1) is 0 Å². The smallest absolute Gasteiger partial charge is 0.365 e. The molecule has 0 bridgehead atoms. The fourth-order valence-electron chi connectivity index (χ4n) is 2.26. The standard InChI is InChI=1S/C12H16F3N3O4/c13-12(14,15)8-3-1-2-7(21-8)6-10(19)16-5-4-9-17-11(20)22-18-9/h7-8H,1-6H2,(H,16,19)(H,17,18,20). The highest BCUT2D eigenvalue weighted by atomic mass is 19.4. The molecule has 2 N–H and O–H groups in total. The predicted octanol–water partition coefficient (Wildman–Crippen LogP) is 0.912. The topological polar surface area (TPSA) is 97.2 Å². The number of aromatic nitrogens is 2. The van der Waals surface area contributed by atoms with E-state index in [1.54, 1.807) is 0 Å². The molecule has 1 aliphatic heterocycles. The maximum absolute atomic E-state index is 12.6. The molecule has 0 aliphatic carbocycles. The first-order valence-corrected chi connectivity index (χ1v) is 6.88. The molecule has 1 aromatic heterocycles. The van der Waals surface area contributed by atoms with Crippen LogP contribution in [0.3, 0.4) is 0 Å². The van der Waals surface area contributed by atoms with Gasteiger partial charge in [0.15, 0.2) is 11.9 Å². The first-order valence-electron chi connectivity index (χ1n) is 6.88. The zero-order chi connectivity index (χ0) is 16.2. The molecule has 1 saturated heterocycles. The summed E-state index contributed by atoms with van der Waals surface area (Å²) in [6.07, 6.45) is -6.05. The number of hydrogen-bond acceptors (Lipinski definition) is 5. The van der Waals surface area contributed by atoms with Gasteiger partial charge in [0.2, 0.25) is 5.91 Å². The van der Waals surface area contributed by atoms with Crippen molar-refractivity contribution >= 4 is 5.91 Å². The van der Waals surface area contributed by atoms with Crippen molar-refractivity contribution in [3.63, 3.8) is 0 Å². The summed E-state index contributed by atoms with van der Waals surface area (Å²) in [6, 6.07) is 0. The molecule has 2 atom stereocenters. The Morgan fingerprint density at radius 3 is 2.82 bits per heavy atom. The molecule has 0 saturated carbocycles. The van der Waals surface area contributed by atoms with Crippen molar-refractivity contribution in [3.05, 3.63) is 16.4 Å². The molecule has 1 fully saturated rings. The van der Waals surface area contributed by atoms with Gasteiger partial charge in [-0.05, 0) is 19.3 Å². The Labute approximate surface area is 123 Å². The number of amides is 1. The van der Waals surface area contributed by atoms with Gasteiger partial charge < -0.3 is 10.1 Å². The molecule has 22 heavy (non-hydrogen) atoms. The molecule has 0 radical (unpaired) electrons. The van der Waals surface area contributed by atoms with Crippen molar-refractivity contribution in [1.29, 1.82) is 0 Å². The lowest BCUT2D eigenvalue weighted by molar-refractivity contribution is -0.245. The van der Waals surface area contributed by atoms with Crippen molar-refractivity contribution in [3.8, 4) is 0 Å². The average Bonchev–Trinajstić information content (AvgIpc) is 2.84. The number of halogens is 3. The summed E-state index contributed by atoms with van der Waals surface area (Å²) in [5, 5.41) is 5.96. The van der Waals surface area contributed by atoms with Crippen LogP contribution < -0.4 is 11.1 Å². The van der Waals surface area contributed by atoms with Crippen molar-refractivity contribution in [2.45, 2.75) is 50.5 Å². The Morgan fingerprint density at radius 1 is 1.41 bits per heavy atom. The molecule has 2 rings (SSSR count). The SMILES string of the molecule is O=C(CC1CCCC(C(F)(F)F)O1)NCCc1noc(=O)[nH]1. The van der Waals surface area contributed by atoms with E-state index in [1.807, 2.05) is 0 Å². The van der Waals surface area contributed by atoms with Crippen molar-refractivity contribution in [2.75, 3.05) is 6.54 Å². The van der Waals surface area contributed by atoms with Gasteiger partial charge in [-0.25, -0.2) is 4.79 Å². The van der Waals surface area contributed by atoms with Gasteiger partial charge in [0, 0.05) is 13.0 Å². The first-order chi connectivity index (χ1) is 10.3. The predicted molar refractivity (Wildman–Crippen MR) is 67.0 cm³/mol. The van der Waals surface area contributed by atoms with Crippen LogP contribution in [0.2, 0.25) is 0 Å². The van der Waals surface area contributed by atoms with E-state index in [-0.39, 0.29) is 31.6 Å². The molecular formula is C12H16F3N3O4. The van der Waals surface area contributed by atoms with Crippen LogP contribution >= 0.6 is 0 Å². The molecule has 2 unspecified atom stereocenters. The highest BCUT2D eigenvalue weighted by Crippen LogP contribution is 2.32. The fourth-order valence-corrected chi connectivity index (χ4v) is 2.26. The second-order valence-electron chi connectivity index (χ2n) is 5.07. The van der Waals surface area contributed by atoms with Gasteiger partial charge in [-0.1, -0.05) is 5.16 Å². The Morgan fingerprint density at radius 2 is 2.18 bits per heavy atom. The number of hydrogen-bond donors (Lipinski definition) is 2. The molecule has 2 heterocycles. The van der Waals surface area contributed by atoms with Crippen LogP contribution in [0.25, 0.3) is 0 Å². The average molecular weight is 323 g/mol. The van der Waals surface area contributed by atoms with Gasteiger partial charge >= 0.3 is 11.9 Å². The second kappa shape index (κ2) is 6.95. The van der Waals surface area contributed by atoms with Crippen molar-refractivity contribution < 1.29 is 27.2 Å². The van der Waals surface area contributed by atoms with Gasteiger partial charge in [0.1, 0.15) is 0 Å². The quantitative estimate of drug-likeness (QED) is 0.839. The summed E-state index contributed by atoms with van der Waals surface area (Å²) in [5.74, 6) is -0.801. The maximum atomic E-state index is 12.6. The number of carbonyl (C=O) groups excluding carboxylic acids is 1. The minimum absolute atomic E-state index is 0.0683. The fraction of sp³-hybridized carbons (Fsp3) is 0.750. The van der Waals surface area contributed by atoms with Gasteiger partial charge in [-0.3, -0.25) is 14.3 Å². The molecule has 0 spiro atoms. The van der Waals surface area contributed by atoms with E-state index in [9.17, 15) is 22.8 Å². The number of nitrogens with one attached hydrogen (secondary N) is 2. The summed E-state index contributed by atoms with van der Waals surface area (Å²) < 4.78 is 46.9. The molecule has 10 heteroatoms. The molecular weight excluding hydrogens is 307 g/mol. The molecule has 1 amide bonds. The number of alkyl halides is 3. The molecule has 0 aromatic carbocycles. The van der Waals surface area contributed by atoms with Crippen LogP contribution in [0.4, 0.5) is 13.2 Å². The molecule has 7 nitrogen and oxygen atoms in total. The third-order valence-electron chi connectivity index (χ3n) is 3.30. The van der Waals surface area contributed by atoms with Crippen LogP contribution in [0, 0.1) is 0 Å². The van der Waals surface area contributed by atoms with Gasteiger partial charge in [0.25, 0.3) is 0 Å². The van der Waals surface area contributed by atoms with E-state index in [0.29, 0.717) is 12.8 Å². The Bertz CT molecular complexity index is 554. The highest BCUT2D eigenvalue weighted by Gasteiger charge is 2.43. The van der Waals surface area contributed by atoms with Gasteiger partial charge in [-0.2, -0.15) is 13.2 Å². The summed E-state index contributed by atoms with van der Waals surface area (Å²) in [5.41, 5.74) is 0. The third kappa shape index (κ3) is 4.86. The number of aromatic amines is 1. The lowest BCUT2D eigenvalue weighted by Crippen LogP contribution is -2.40. The maximum Gasteiger partial charge on any atom is 0.438 e. The van der Waals surface area contributed by atoms with Crippen LogP contribution in [0.15, 0.2) is 9.32 Å². The normalized spacial score (nSPS) is 22.5. The summed E-state index contributed by atoms with van der Waals surface area (Å²) in [6.45, 7) is 0.191. The zero-order valence-corrected chi connectivity index (χ0v) is 11.6. The van der Waals surface area contributed by atoms with E-state index >= 15 is 0 Å². The van der Waals surface area contributed by atoms with Crippen LogP contribution in [-0.4, -0.2) is 41.0 Å². The lowest BCUT2D eigenvalue weighted by atomic mass is 10.0. The van der Waals surface area contributed by atoms with E-state index < -0.39 is 30.0 Å². The number of H-pyrrole nitrogens is 1. The van der Waals surface area contributed by atoms with Crippen molar-refractivity contribution in [1.82, 2.24) is 15.5 Å². The minimum atomic E-state index is -4.39. The molecule has 1 aliphatic rings. The summed E-state index contributed by atoms with van der Waals surface area (Å²) in [4.78, 5) is 24.7. The Hall–Kier alpha value is -1.84. The Balaban J connectivity index is 1.71. The van der Waals surface area contributed by atoms with Gasteiger partial charge in [0.05, 0.1) is 12.5 Å². The lowest BCUT2D eigenvalue weighted by Gasteiger charge is -2.31. The van der Waals surface area contributed by atoms with Crippen LogP contribution in [0.5, 0.6) is 0 Å². The Kier molecular flexibility index (Phi) is 5.22. The summed E-state index contributed by atoms with van der Waals surface area (Å²) >= 11 is 0. The van der Waals surface area contributed by atoms with E-state index in [1.165, 1.54) is 0 Å². The van der Waals surface area contributed by atoms with E-state index in [2.05, 4.69) is 20.0 Å². The highest BCUT2D eigenvalue weighted by molar-refractivity contribution is 5.76. The number of carbonyl (C=O) groups is 1. The summed E-state index contributed by atoms with van der Waals surface area (Å²) in [7, 11) is 0. The monoisotopic (exact) mass is 323 g/mol. The number of ether oxygens (including phenoxy) is 1. The minimum Gasteiger partial charge on any atom is -0.365 e. The van der Waals surface area contributed by atoms with E-state index in [0.717, 1.165) is 0 Å². The van der Waals surface area contributed by atoms with Crippen LogP contribution in [-0.2, 0) is 16.0 Å². The van der Waals surface area contributed by atoms with Crippen LogP contribution in [0.1, 0.15) is 31.5 Å². The zero-order valence-electron chi connectivity index (χ0n) is 11.6. The van der Waals surface area contributed by atoms with Crippen molar-refractivity contribution in [2.24, 2.45) is 0 Å². The first kappa shape index (κ1) is 16.5. The molecule has 1 aromatic rings. The number of nitrogens with zero attached hydrogens (tertiary/aromatic N) is 1. The number of rotatable bonds is 5. The van der Waals surface area contributed by atoms with E-state index in [4.69, 9.17) is 4.74 Å². The second-order valence-corrected chi connectivity index (χ2v) is 5.07. The molecule has 124 valence electrons.